The van der Waals surface area contributed by atoms with Crippen molar-refractivity contribution >= 4 is 11.8 Å². The Morgan fingerprint density at radius 1 is 1.00 bits per heavy atom. The maximum atomic E-state index is 13.1. The average Bonchev–Trinajstić information content (AvgIpc) is 3.09. The third-order valence-electron chi connectivity index (χ3n) is 6.14. The lowest BCUT2D eigenvalue weighted by molar-refractivity contribution is -0.128. The van der Waals surface area contributed by atoms with Crippen LogP contribution in [-0.2, 0) is 16.0 Å². The fraction of sp³-hybridized carbons (Fsp3) is 0.423. The third-order valence-corrected chi connectivity index (χ3v) is 6.14. The first-order chi connectivity index (χ1) is 16.8. The molecule has 0 saturated heterocycles. The van der Waals surface area contributed by atoms with Gasteiger partial charge < -0.3 is 29.6 Å². The van der Waals surface area contributed by atoms with Gasteiger partial charge in [-0.1, -0.05) is 13.0 Å². The van der Waals surface area contributed by atoms with Gasteiger partial charge in [0.25, 0.3) is 0 Å². The molecule has 2 aromatic rings. The summed E-state index contributed by atoms with van der Waals surface area (Å²) in [7, 11) is 6.06. The number of aryl methyl sites for hydroxylation is 1. The molecule has 0 saturated carbocycles. The zero-order valence-corrected chi connectivity index (χ0v) is 20.9. The van der Waals surface area contributed by atoms with E-state index in [1.807, 2.05) is 13.0 Å². The highest BCUT2D eigenvalue weighted by atomic mass is 16.5. The second-order valence-corrected chi connectivity index (χ2v) is 8.22. The average molecular weight is 485 g/mol. The number of carbonyl (C=O) groups excluding carboxylic acids is 2. The van der Waals surface area contributed by atoms with Gasteiger partial charge >= 0.3 is 0 Å². The second-order valence-electron chi connectivity index (χ2n) is 8.22. The molecular weight excluding hydrogens is 452 g/mol. The zero-order valence-electron chi connectivity index (χ0n) is 20.9. The number of amides is 2. The molecule has 2 amide bonds. The van der Waals surface area contributed by atoms with Crippen LogP contribution < -0.4 is 35.0 Å². The number of ether oxygens (including phenoxy) is 4. The number of carbonyl (C=O) groups is 2. The van der Waals surface area contributed by atoms with E-state index in [9.17, 15) is 14.4 Å². The predicted octanol–water partition coefficient (Wildman–Crippen LogP) is 2.77. The van der Waals surface area contributed by atoms with E-state index in [0.29, 0.717) is 47.6 Å². The monoisotopic (exact) mass is 484 g/mol. The first-order valence-electron chi connectivity index (χ1n) is 11.4. The van der Waals surface area contributed by atoms with Crippen molar-refractivity contribution in [2.45, 2.75) is 45.2 Å². The summed E-state index contributed by atoms with van der Waals surface area (Å²) in [4.78, 5) is 37.6. The number of hydrogen-bond acceptors (Lipinski definition) is 7. The third kappa shape index (κ3) is 5.18. The van der Waals surface area contributed by atoms with Crippen LogP contribution >= 0.6 is 0 Å². The summed E-state index contributed by atoms with van der Waals surface area (Å²) in [5, 5.41) is 5.72. The van der Waals surface area contributed by atoms with E-state index >= 15 is 0 Å². The van der Waals surface area contributed by atoms with Crippen LogP contribution in [0.15, 0.2) is 29.1 Å². The summed E-state index contributed by atoms with van der Waals surface area (Å²) in [5.41, 5.74) is 2.68. The number of benzene rings is 1. The molecule has 2 N–H and O–H groups in total. The van der Waals surface area contributed by atoms with E-state index in [1.54, 1.807) is 26.4 Å². The minimum Gasteiger partial charge on any atom is -0.493 e. The largest absolute Gasteiger partial charge is 0.493 e. The molecule has 0 unspecified atom stereocenters. The van der Waals surface area contributed by atoms with Gasteiger partial charge in [-0.05, 0) is 54.2 Å². The predicted molar refractivity (Wildman–Crippen MR) is 131 cm³/mol. The lowest BCUT2D eigenvalue weighted by atomic mass is 9.95. The Hall–Kier alpha value is -3.75. The van der Waals surface area contributed by atoms with Crippen molar-refractivity contribution in [1.29, 1.82) is 0 Å². The Bertz CT molecular complexity index is 1180. The summed E-state index contributed by atoms with van der Waals surface area (Å²) in [5.74, 6) is 0.984. The number of nitrogens with one attached hydrogen (secondary N) is 2. The number of fused-ring (bicyclic) bond motifs is 3. The molecule has 9 heteroatoms. The smallest absolute Gasteiger partial charge is 0.243 e. The second kappa shape index (κ2) is 11.1. The quantitative estimate of drug-likeness (QED) is 0.593. The molecule has 0 aliphatic heterocycles. The molecule has 188 valence electrons. The van der Waals surface area contributed by atoms with Gasteiger partial charge in [-0.2, -0.15) is 0 Å². The summed E-state index contributed by atoms with van der Waals surface area (Å²) in [6, 6.07) is 5.59. The van der Waals surface area contributed by atoms with E-state index in [0.717, 1.165) is 11.1 Å². The minimum absolute atomic E-state index is 0.175. The summed E-state index contributed by atoms with van der Waals surface area (Å²) in [6.45, 7) is 3.19. The molecule has 1 aliphatic carbocycles. The molecule has 2 aromatic carbocycles. The zero-order chi connectivity index (χ0) is 25.7. The highest BCUT2D eigenvalue weighted by molar-refractivity contribution is 5.88. The Morgan fingerprint density at radius 3 is 2.26 bits per heavy atom. The van der Waals surface area contributed by atoms with Crippen LogP contribution in [0.3, 0.4) is 0 Å². The molecule has 3 rings (SSSR count). The summed E-state index contributed by atoms with van der Waals surface area (Å²) in [6.07, 6.45) is 1.50. The number of rotatable bonds is 8. The van der Waals surface area contributed by atoms with Gasteiger partial charge in [0.15, 0.2) is 17.2 Å². The van der Waals surface area contributed by atoms with Crippen LogP contribution in [0.2, 0.25) is 0 Å². The minimum atomic E-state index is -0.685. The maximum Gasteiger partial charge on any atom is 0.243 e. The standard InChI is InChI=1S/C26H32N2O7/c1-7-18(27-14(2)29)26(31)28-19-10-8-15-12-22(33-4)24(34-5)25(35-6)23(15)16-9-11-21(32-3)20(30)13-17(16)19/h9,11-13,18-19H,7-8,10H2,1-6H3,(H,27,29)(H,28,31)/t18-,19-/m0/s1. The fourth-order valence-corrected chi connectivity index (χ4v) is 4.49. The van der Waals surface area contributed by atoms with Gasteiger partial charge in [0.2, 0.25) is 23.0 Å². The van der Waals surface area contributed by atoms with Gasteiger partial charge in [-0.15, -0.1) is 0 Å². The highest BCUT2D eigenvalue weighted by Gasteiger charge is 2.31. The Kier molecular flexibility index (Phi) is 8.22. The first-order valence-corrected chi connectivity index (χ1v) is 11.4. The highest BCUT2D eigenvalue weighted by Crippen LogP contribution is 2.50. The topological polar surface area (TPSA) is 112 Å². The molecule has 0 fully saturated rings. The molecule has 1 aliphatic rings. The molecule has 0 aromatic heterocycles. The molecule has 0 radical (unpaired) electrons. The molecule has 2 atom stereocenters. The van der Waals surface area contributed by atoms with Gasteiger partial charge in [-0.3, -0.25) is 14.4 Å². The SMILES string of the molecule is CC[C@H](NC(C)=O)C(=O)N[C@H]1CCc2cc(OC)c(OC)c(OC)c2-c2ccc(OC)c(=O)cc21. The van der Waals surface area contributed by atoms with Crippen molar-refractivity contribution in [2.24, 2.45) is 0 Å². The molecule has 9 nitrogen and oxygen atoms in total. The van der Waals surface area contributed by atoms with E-state index in [1.165, 1.54) is 27.2 Å². The Labute approximate surface area is 204 Å². The first kappa shape index (κ1) is 25.9. The number of hydrogen-bond donors (Lipinski definition) is 2. The normalized spacial score (nSPS) is 15.0. The van der Waals surface area contributed by atoms with Crippen molar-refractivity contribution < 1.29 is 28.5 Å². The van der Waals surface area contributed by atoms with Crippen molar-refractivity contribution in [3.8, 4) is 34.1 Å². The number of methoxy groups -OCH3 is 4. The van der Waals surface area contributed by atoms with Crippen LogP contribution in [0.1, 0.15) is 43.9 Å². The van der Waals surface area contributed by atoms with Crippen LogP contribution in [-0.4, -0.2) is 46.3 Å². The fourth-order valence-electron chi connectivity index (χ4n) is 4.49. The maximum absolute atomic E-state index is 13.1. The van der Waals surface area contributed by atoms with Gasteiger partial charge in [0, 0.05) is 12.5 Å². The molecule has 35 heavy (non-hydrogen) atoms. The lowest BCUT2D eigenvalue weighted by Gasteiger charge is -2.22. The Balaban J connectivity index is 2.25. The van der Waals surface area contributed by atoms with Crippen LogP contribution in [0.25, 0.3) is 11.1 Å². The van der Waals surface area contributed by atoms with E-state index in [-0.39, 0.29) is 23.0 Å². The van der Waals surface area contributed by atoms with Crippen molar-refractivity contribution in [2.75, 3.05) is 28.4 Å². The molecule has 0 heterocycles. The van der Waals surface area contributed by atoms with E-state index in [4.69, 9.17) is 18.9 Å². The van der Waals surface area contributed by atoms with E-state index < -0.39 is 12.1 Å². The molecular formula is C26H32N2O7. The molecule has 0 bridgehead atoms. The van der Waals surface area contributed by atoms with Crippen LogP contribution in [0.4, 0.5) is 0 Å². The van der Waals surface area contributed by atoms with Crippen molar-refractivity contribution in [1.82, 2.24) is 10.6 Å². The van der Waals surface area contributed by atoms with Gasteiger partial charge in [0.05, 0.1) is 34.5 Å². The van der Waals surface area contributed by atoms with Gasteiger partial charge in [-0.25, -0.2) is 0 Å². The molecule has 0 spiro atoms. The Morgan fingerprint density at radius 2 is 1.69 bits per heavy atom. The summed E-state index contributed by atoms with van der Waals surface area (Å²) < 4.78 is 22.2. The van der Waals surface area contributed by atoms with Crippen molar-refractivity contribution in [3.05, 3.63) is 45.6 Å². The summed E-state index contributed by atoms with van der Waals surface area (Å²) >= 11 is 0. The van der Waals surface area contributed by atoms with Crippen LogP contribution in [0.5, 0.6) is 23.0 Å². The van der Waals surface area contributed by atoms with E-state index in [2.05, 4.69) is 10.6 Å². The van der Waals surface area contributed by atoms with Gasteiger partial charge in [0.1, 0.15) is 6.04 Å². The van der Waals surface area contributed by atoms with Crippen molar-refractivity contribution in [3.63, 3.8) is 0 Å². The lowest BCUT2D eigenvalue weighted by Crippen LogP contribution is -2.46. The van der Waals surface area contributed by atoms with Crippen LogP contribution in [0, 0.1) is 0 Å².